The maximum absolute atomic E-state index is 12.2. The number of furan rings is 1. The van der Waals surface area contributed by atoms with Crippen molar-refractivity contribution in [3.8, 4) is 0 Å². The van der Waals surface area contributed by atoms with Crippen LogP contribution >= 0.6 is 12.2 Å². The molecule has 0 aliphatic heterocycles. The van der Waals surface area contributed by atoms with Crippen LogP contribution in [0.5, 0.6) is 0 Å². The van der Waals surface area contributed by atoms with Gasteiger partial charge in [-0.05, 0) is 18.1 Å². The van der Waals surface area contributed by atoms with Gasteiger partial charge in [0.15, 0.2) is 0 Å². The standard InChI is InChI=1S/C14H22N2O2S/c1-11(2)10-16(8-7-13(15)19)14(17)6-5-12-4-3-9-18-12/h3-4,9,11H,5-8,10H2,1-2H3,(H2,15,19). The Morgan fingerprint density at radius 2 is 2.21 bits per heavy atom. The van der Waals surface area contributed by atoms with Gasteiger partial charge in [0.2, 0.25) is 5.91 Å². The van der Waals surface area contributed by atoms with Gasteiger partial charge in [-0.15, -0.1) is 0 Å². The number of hydrogen-bond acceptors (Lipinski definition) is 3. The van der Waals surface area contributed by atoms with Gasteiger partial charge in [0.25, 0.3) is 0 Å². The molecule has 0 atom stereocenters. The van der Waals surface area contributed by atoms with Gasteiger partial charge >= 0.3 is 0 Å². The van der Waals surface area contributed by atoms with Crippen molar-refractivity contribution in [3.63, 3.8) is 0 Å². The first-order chi connectivity index (χ1) is 8.99. The molecule has 0 aromatic carbocycles. The molecule has 1 amide bonds. The summed E-state index contributed by atoms with van der Waals surface area (Å²) < 4.78 is 5.23. The maximum atomic E-state index is 12.2. The normalized spacial score (nSPS) is 10.7. The van der Waals surface area contributed by atoms with Crippen molar-refractivity contribution >= 4 is 23.1 Å². The Labute approximate surface area is 119 Å². The Balaban J connectivity index is 2.47. The molecule has 1 aromatic heterocycles. The highest BCUT2D eigenvalue weighted by Gasteiger charge is 2.15. The highest BCUT2D eigenvalue weighted by molar-refractivity contribution is 7.80. The van der Waals surface area contributed by atoms with E-state index in [1.54, 1.807) is 6.26 Å². The number of hydrogen-bond donors (Lipinski definition) is 1. The van der Waals surface area contributed by atoms with Crippen molar-refractivity contribution in [2.45, 2.75) is 33.1 Å². The van der Waals surface area contributed by atoms with E-state index in [0.29, 0.717) is 36.7 Å². The molecule has 1 aromatic rings. The fourth-order valence-corrected chi connectivity index (χ4v) is 1.94. The summed E-state index contributed by atoms with van der Waals surface area (Å²) in [6.45, 7) is 5.52. The fraction of sp³-hybridized carbons (Fsp3) is 0.571. The molecule has 2 N–H and O–H groups in total. The first-order valence-corrected chi connectivity index (χ1v) is 6.98. The van der Waals surface area contributed by atoms with Crippen molar-refractivity contribution < 1.29 is 9.21 Å². The zero-order chi connectivity index (χ0) is 14.3. The Hall–Kier alpha value is -1.36. The van der Waals surface area contributed by atoms with Gasteiger partial charge in [-0.25, -0.2) is 0 Å². The van der Waals surface area contributed by atoms with Crippen LogP contribution in [0.3, 0.4) is 0 Å². The van der Waals surface area contributed by atoms with E-state index in [1.807, 2.05) is 17.0 Å². The van der Waals surface area contributed by atoms with Gasteiger partial charge in [-0.1, -0.05) is 26.1 Å². The molecule has 0 aliphatic rings. The number of carbonyl (C=O) groups is 1. The van der Waals surface area contributed by atoms with Crippen LogP contribution in [0.1, 0.15) is 32.4 Å². The average molecular weight is 282 g/mol. The van der Waals surface area contributed by atoms with Gasteiger partial charge < -0.3 is 15.1 Å². The molecule has 0 unspecified atom stereocenters. The Morgan fingerprint density at radius 3 is 2.74 bits per heavy atom. The molecule has 0 saturated carbocycles. The van der Waals surface area contributed by atoms with Gasteiger partial charge in [-0.2, -0.15) is 0 Å². The third-order valence-electron chi connectivity index (χ3n) is 2.73. The summed E-state index contributed by atoms with van der Waals surface area (Å²) in [7, 11) is 0. The van der Waals surface area contributed by atoms with Crippen LogP contribution in [0.15, 0.2) is 22.8 Å². The van der Waals surface area contributed by atoms with E-state index in [2.05, 4.69) is 13.8 Å². The minimum atomic E-state index is 0.126. The van der Waals surface area contributed by atoms with Crippen LogP contribution in [0.25, 0.3) is 0 Å². The summed E-state index contributed by atoms with van der Waals surface area (Å²) in [5.74, 6) is 1.40. The Kier molecular flexibility index (Phi) is 6.56. The molecule has 5 heteroatoms. The number of aryl methyl sites for hydroxylation is 1. The summed E-state index contributed by atoms with van der Waals surface area (Å²) in [5, 5.41) is 0. The third-order valence-corrected chi connectivity index (χ3v) is 2.94. The molecule has 0 aliphatic carbocycles. The molecule has 4 nitrogen and oxygen atoms in total. The van der Waals surface area contributed by atoms with E-state index in [0.717, 1.165) is 12.3 Å². The molecule has 0 radical (unpaired) electrons. The zero-order valence-electron chi connectivity index (χ0n) is 11.6. The number of nitrogens with two attached hydrogens (primary N) is 1. The van der Waals surface area contributed by atoms with Crippen molar-refractivity contribution in [3.05, 3.63) is 24.2 Å². The van der Waals surface area contributed by atoms with Gasteiger partial charge in [0.1, 0.15) is 5.76 Å². The molecule has 106 valence electrons. The lowest BCUT2D eigenvalue weighted by atomic mass is 10.1. The van der Waals surface area contributed by atoms with Crippen molar-refractivity contribution in [1.82, 2.24) is 4.90 Å². The summed E-state index contributed by atoms with van der Waals surface area (Å²) in [4.78, 5) is 14.5. The molecule has 0 spiro atoms. The lowest BCUT2D eigenvalue weighted by molar-refractivity contribution is -0.131. The molecule has 19 heavy (non-hydrogen) atoms. The number of rotatable bonds is 8. The number of nitrogens with zero attached hydrogens (tertiary/aromatic N) is 1. The Bertz CT molecular complexity index is 402. The quantitative estimate of drug-likeness (QED) is 0.744. The second-order valence-corrected chi connectivity index (χ2v) is 5.55. The molecular formula is C14H22N2O2S. The van der Waals surface area contributed by atoms with Crippen LogP contribution in [0.2, 0.25) is 0 Å². The summed E-state index contributed by atoms with van der Waals surface area (Å²) in [5.41, 5.74) is 5.50. The lowest BCUT2D eigenvalue weighted by Gasteiger charge is -2.24. The predicted octanol–water partition coefficient (Wildman–Crippen LogP) is 2.37. The van der Waals surface area contributed by atoms with E-state index in [-0.39, 0.29) is 5.91 Å². The van der Waals surface area contributed by atoms with Crippen LogP contribution < -0.4 is 5.73 Å². The smallest absolute Gasteiger partial charge is 0.223 e. The largest absolute Gasteiger partial charge is 0.469 e. The Morgan fingerprint density at radius 1 is 1.47 bits per heavy atom. The highest BCUT2D eigenvalue weighted by Crippen LogP contribution is 2.08. The monoisotopic (exact) mass is 282 g/mol. The SMILES string of the molecule is CC(C)CN(CCC(N)=S)C(=O)CCc1ccco1. The van der Waals surface area contributed by atoms with E-state index in [4.69, 9.17) is 22.4 Å². The van der Waals surface area contributed by atoms with Crippen LogP contribution in [-0.2, 0) is 11.2 Å². The molecule has 1 heterocycles. The maximum Gasteiger partial charge on any atom is 0.223 e. The van der Waals surface area contributed by atoms with Gasteiger partial charge in [0, 0.05) is 32.4 Å². The van der Waals surface area contributed by atoms with Gasteiger partial charge in [-0.3, -0.25) is 4.79 Å². The first kappa shape index (κ1) is 15.7. The van der Waals surface area contributed by atoms with Crippen LogP contribution in [0, 0.1) is 5.92 Å². The number of carbonyl (C=O) groups excluding carboxylic acids is 1. The summed E-state index contributed by atoms with van der Waals surface area (Å²) in [6, 6.07) is 3.72. The van der Waals surface area contributed by atoms with Crippen molar-refractivity contribution in [1.29, 1.82) is 0 Å². The topological polar surface area (TPSA) is 59.5 Å². The van der Waals surface area contributed by atoms with Crippen molar-refractivity contribution in [2.24, 2.45) is 11.7 Å². The van der Waals surface area contributed by atoms with Crippen molar-refractivity contribution in [2.75, 3.05) is 13.1 Å². The average Bonchev–Trinajstić information content (AvgIpc) is 2.83. The first-order valence-electron chi connectivity index (χ1n) is 6.57. The lowest BCUT2D eigenvalue weighted by Crippen LogP contribution is -2.36. The van der Waals surface area contributed by atoms with Crippen LogP contribution in [-0.4, -0.2) is 28.9 Å². The van der Waals surface area contributed by atoms with Crippen LogP contribution in [0.4, 0.5) is 0 Å². The fourth-order valence-electron chi connectivity index (χ4n) is 1.85. The molecular weight excluding hydrogens is 260 g/mol. The second kappa shape index (κ2) is 7.94. The van der Waals surface area contributed by atoms with E-state index in [1.165, 1.54) is 0 Å². The predicted molar refractivity (Wildman–Crippen MR) is 79.8 cm³/mol. The summed E-state index contributed by atoms with van der Waals surface area (Å²) >= 11 is 4.87. The minimum absolute atomic E-state index is 0.126. The number of thiocarbonyl (C=S) groups is 1. The van der Waals surface area contributed by atoms with E-state index >= 15 is 0 Å². The van der Waals surface area contributed by atoms with E-state index in [9.17, 15) is 4.79 Å². The number of amides is 1. The molecule has 1 rings (SSSR count). The zero-order valence-corrected chi connectivity index (χ0v) is 12.4. The third kappa shape index (κ3) is 6.38. The van der Waals surface area contributed by atoms with E-state index < -0.39 is 0 Å². The second-order valence-electron chi connectivity index (χ2n) is 5.03. The van der Waals surface area contributed by atoms with Gasteiger partial charge in [0.05, 0.1) is 11.3 Å². The minimum Gasteiger partial charge on any atom is -0.469 e. The summed E-state index contributed by atoms with van der Waals surface area (Å²) in [6.07, 6.45) is 3.29. The highest BCUT2D eigenvalue weighted by atomic mass is 32.1. The molecule has 0 saturated heterocycles. The molecule has 0 fully saturated rings. The molecule has 0 bridgehead atoms.